The molecule has 6 nitrogen and oxygen atoms in total. The van der Waals surface area contributed by atoms with Gasteiger partial charge in [0.2, 0.25) is 5.91 Å². The molecule has 1 aromatic carbocycles. The summed E-state index contributed by atoms with van der Waals surface area (Å²) in [4.78, 5) is 39.0. The molecule has 104 valence electrons. The zero-order valence-corrected chi connectivity index (χ0v) is 11.3. The Hall–Kier alpha value is -2.37. The molecule has 0 atom stereocenters. The summed E-state index contributed by atoms with van der Waals surface area (Å²) in [6, 6.07) is 6.39. The number of nitrogens with zero attached hydrogens (tertiary/aromatic N) is 2. The molecule has 1 N–H and O–H groups in total. The van der Waals surface area contributed by atoms with Crippen molar-refractivity contribution in [2.75, 3.05) is 23.9 Å². The number of anilines is 2. The number of benzene rings is 1. The number of nitrogens with one attached hydrogen (secondary N) is 1. The van der Waals surface area contributed by atoms with Crippen molar-refractivity contribution in [1.29, 1.82) is 0 Å². The number of carbonyl (C=O) groups is 3. The van der Waals surface area contributed by atoms with Gasteiger partial charge in [-0.1, -0.05) is 0 Å². The lowest BCUT2D eigenvalue weighted by Gasteiger charge is -2.30. The van der Waals surface area contributed by atoms with E-state index in [-0.39, 0.29) is 0 Å². The topological polar surface area (TPSA) is 69.7 Å². The van der Waals surface area contributed by atoms with Gasteiger partial charge in [-0.25, -0.2) is 9.69 Å². The van der Waals surface area contributed by atoms with Crippen LogP contribution in [0.2, 0.25) is 0 Å². The number of urea groups is 1. The van der Waals surface area contributed by atoms with Gasteiger partial charge < -0.3 is 4.90 Å². The predicted octanol–water partition coefficient (Wildman–Crippen LogP) is 1.12. The third-order valence-corrected chi connectivity index (χ3v) is 3.84. The van der Waals surface area contributed by atoms with Crippen LogP contribution >= 0.6 is 0 Å². The smallest absolute Gasteiger partial charge is 0.335 e. The van der Waals surface area contributed by atoms with E-state index < -0.39 is 23.3 Å². The lowest BCUT2D eigenvalue weighted by Crippen LogP contribution is -2.59. The average molecular weight is 273 g/mol. The third kappa shape index (κ3) is 1.68. The molecule has 6 heteroatoms. The highest BCUT2D eigenvalue weighted by atomic mass is 16.2. The summed E-state index contributed by atoms with van der Waals surface area (Å²) in [7, 11) is 3.82. The standard InChI is InChI=1S/C14H15N3O3/c1-16(2)9-3-5-10(6-4-9)17-12(19)14(7-8-14)11(18)15-13(17)20/h3-6H,7-8H2,1-2H3,(H,15,18,20). The molecule has 1 aliphatic heterocycles. The van der Waals surface area contributed by atoms with Crippen molar-refractivity contribution in [3.8, 4) is 0 Å². The highest BCUT2D eigenvalue weighted by molar-refractivity contribution is 6.31. The first-order valence-electron chi connectivity index (χ1n) is 6.43. The summed E-state index contributed by atoms with van der Waals surface area (Å²) in [5.41, 5.74) is 0.446. The second-order valence-corrected chi connectivity index (χ2v) is 5.39. The van der Waals surface area contributed by atoms with Crippen molar-refractivity contribution >= 4 is 29.2 Å². The molecule has 2 fully saturated rings. The van der Waals surface area contributed by atoms with Crippen molar-refractivity contribution < 1.29 is 14.4 Å². The van der Waals surface area contributed by atoms with Crippen LogP contribution in [0.5, 0.6) is 0 Å². The van der Waals surface area contributed by atoms with Gasteiger partial charge in [0.05, 0.1) is 5.69 Å². The summed E-state index contributed by atoms with van der Waals surface area (Å²) >= 11 is 0. The van der Waals surface area contributed by atoms with E-state index in [1.807, 2.05) is 31.1 Å². The van der Waals surface area contributed by atoms with Crippen LogP contribution in [0.1, 0.15) is 12.8 Å². The van der Waals surface area contributed by atoms with Gasteiger partial charge in [0.1, 0.15) is 5.41 Å². The van der Waals surface area contributed by atoms with E-state index in [0.717, 1.165) is 10.6 Å². The second-order valence-electron chi connectivity index (χ2n) is 5.39. The fraction of sp³-hybridized carbons (Fsp3) is 0.357. The average Bonchev–Trinajstić information content (AvgIpc) is 3.19. The van der Waals surface area contributed by atoms with Gasteiger partial charge in [0.15, 0.2) is 0 Å². The molecule has 1 saturated carbocycles. The minimum Gasteiger partial charge on any atom is -0.378 e. The highest BCUT2D eigenvalue weighted by Gasteiger charge is 2.62. The number of amides is 4. The molecular formula is C14H15N3O3. The highest BCUT2D eigenvalue weighted by Crippen LogP contribution is 2.49. The van der Waals surface area contributed by atoms with Gasteiger partial charge in [-0.2, -0.15) is 0 Å². The number of hydrogen-bond acceptors (Lipinski definition) is 4. The van der Waals surface area contributed by atoms with E-state index in [9.17, 15) is 14.4 Å². The maximum absolute atomic E-state index is 12.4. The summed E-state index contributed by atoms with van der Waals surface area (Å²) in [5, 5.41) is 2.27. The molecule has 3 rings (SSSR count). The van der Waals surface area contributed by atoms with Crippen molar-refractivity contribution in [1.82, 2.24) is 5.32 Å². The molecule has 4 amide bonds. The molecule has 0 unspecified atom stereocenters. The number of barbiturate groups is 1. The van der Waals surface area contributed by atoms with Crippen LogP contribution in [-0.4, -0.2) is 31.9 Å². The molecular weight excluding hydrogens is 258 g/mol. The van der Waals surface area contributed by atoms with Crippen molar-refractivity contribution in [2.24, 2.45) is 5.41 Å². The fourth-order valence-electron chi connectivity index (χ4n) is 2.38. The number of hydrogen-bond donors (Lipinski definition) is 1. The van der Waals surface area contributed by atoms with Crippen molar-refractivity contribution in [2.45, 2.75) is 12.8 Å². The fourth-order valence-corrected chi connectivity index (χ4v) is 2.38. The predicted molar refractivity (Wildman–Crippen MR) is 73.5 cm³/mol. The van der Waals surface area contributed by atoms with Gasteiger partial charge in [0.25, 0.3) is 5.91 Å². The zero-order valence-electron chi connectivity index (χ0n) is 11.3. The molecule has 0 bridgehead atoms. The van der Waals surface area contributed by atoms with Crippen LogP contribution < -0.4 is 15.1 Å². The number of imide groups is 2. The van der Waals surface area contributed by atoms with E-state index in [0.29, 0.717) is 18.5 Å². The second kappa shape index (κ2) is 4.06. The Labute approximate surface area is 116 Å². The first kappa shape index (κ1) is 12.7. The quantitative estimate of drug-likeness (QED) is 0.820. The summed E-state index contributed by atoms with van der Waals surface area (Å²) in [6.45, 7) is 0. The van der Waals surface area contributed by atoms with Gasteiger partial charge >= 0.3 is 6.03 Å². The molecule has 0 aromatic heterocycles. The van der Waals surface area contributed by atoms with Crippen LogP contribution in [0.4, 0.5) is 16.2 Å². The first-order chi connectivity index (χ1) is 9.45. The van der Waals surface area contributed by atoms with E-state index in [4.69, 9.17) is 0 Å². The molecule has 1 spiro atoms. The first-order valence-corrected chi connectivity index (χ1v) is 6.43. The third-order valence-electron chi connectivity index (χ3n) is 3.84. The van der Waals surface area contributed by atoms with E-state index in [2.05, 4.69) is 5.32 Å². The van der Waals surface area contributed by atoms with Crippen LogP contribution in [0.3, 0.4) is 0 Å². The Morgan fingerprint density at radius 3 is 2.20 bits per heavy atom. The number of carbonyl (C=O) groups excluding carboxylic acids is 3. The van der Waals surface area contributed by atoms with Crippen molar-refractivity contribution in [3.63, 3.8) is 0 Å². The Morgan fingerprint density at radius 1 is 1.10 bits per heavy atom. The number of rotatable bonds is 2. The Morgan fingerprint density at radius 2 is 1.70 bits per heavy atom. The minimum atomic E-state index is -1.01. The van der Waals surface area contributed by atoms with Crippen LogP contribution in [0.25, 0.3) is 0 Å². The molecule has 20 heavy (non-hydrogen) atoms. The van der Waals surface area contributed by atoms with Crippen LogP contribution in [0.15, 0.2) is 24.3 Å². The van der Waals surface area contributed by atoms with Gasteiger partial charge in [-0.3, -0.25) is 14.9 Å². The van der Waals surface area contributed by atoms with Gasteiger partial charge in [0, 0.05) is 19.8 Å². The van der Waals surface area contributed by atoms with Crippen LogP contribution in [-0.2, 0) is 9.59 Å². The largest absolute Gasteiger partial charge is 0.378 e. The van der Waals surface area contributed by atoms with Gasteiger partial charge in [-0.05, 0) is 37.1 Å². The summed E-state index contributed by atoms with van der Waals surface area (Å²) < 4.78 is 0. The van der Waals surface area contributed by atoms with Crippen LogP contribution in [0, 0.1) is 5.41 Å². The molecule has 1 saturated heterocycles. The Kier molecular flexibility index (Phi) is 2.57. The Bertz CT molecular complexity index is 603. The normalized spacial score (nSPS) is 20.1. The molecule has 2 aliphatic rings. The van der Waals surface area contributed by atoms with Gasteiger partial charge in [-0.15, -0.1) is 0 Å². The molecule has 0 radical (unpaired) electrons. The minimum absolute atomic E-state index is 0.413. The zero-order chi connectivity index (χ0) is 14.5. The SMILES string of the molecule is CN(C)c1ccc(N2C(=O)NC(=O)C3(CC3)C2=O)cc1. The summed E-state index contributed by atoms with van der Waals surface area (Å²) in [6.07, 6.45) is 1.02. The van der Waals surface area contributed by atoms with E-state index >= 15 is 0 Å². The molecule has 1 aromatic rings. The maximum Gasteiger partial charge on any atom is 0.335 e. The van der Waals surface area contributed by atoms with E-state index in [1.165, 1.54) is 0 Å². The summed E-state index contributed by atoms with van der Waals surface area (Å²) in [5.74, 6) is -0.877. The Balaban J connectivity index is 1.94. The lowest BCUT2D eigenvalue weighted by molar-refractivity contribution is -0.136. The van der Waals surface area contributed by atoms with E-state index in [1.54, 1.807) is 12.1 Å². The maximum atomic E-state index is 12.4. The lowest BCUT2D eigenvalue weighted by atomic mass is 10.0. The molecule has 1 heterocycles. The van der Waals surface area contributed by atoms with Crippen molar-refractivity contribution in [3.05, 3.63) is 24.3 Å². The molecule has 1 aliphatic carbocycles. The monoisotopic (exact) mass is 273 g/mol.